The summed E-state index contributed by atoms with van der Waals surface area (Å²) in [7, 11) is 0. The summed E-state index contributed by atoms with van der Waals surface area (Å²) in [4.78, 5) is 16.5. The number of fused-ring (bicyclic) bond motifs is 1. The van der Waals surface area contributed by atoms with Crippen LogP contribution in [0.15, 0.2) is 42.6 Å². The monoisotopic (exact) mass is 332 g/mol. The number of aromatic nitrogens is 2. The number of esters is 1. The lowest BCUT2D eigenvalue weighted by molar-refractivity contribution is 0.0515. The van der Waals surface area contributed by atoms with Gasteiger partial charge < -0.3 is 9.30 Å². The van der Waals surface area contributed by atoms with Crippen LogP contribution in [0.1, 0.15) is 23.0 Å². The van der Waals surface area contributed by atoms with Crippen LogP contribution in [-0.4, -0.2) is 22.1 Å². The Balaban J connectivity index is 2.08. The Kier molecular flexibility index (Phi) is 4.30. The maximum atomic E-state index is 13.3. The van der Waals surface area contributed by atoms with E-state index in [1.165, 1.54) is 6.07 Å². The lowest BCUT2D eigenvalue weighted by atomic mass is 10.2. The van der Waals surface area contributed by atoms with Gasteiger partial charge in [-0.2, -0.15) is 0 Å². The molecule has 0 atom stereocenters. The van der Waals surface area contributed by atoms with Gasteiger partial charge in [0.25, 0.3) is 0 Å². The molecule has 0 unspecified atom stereocenters. The number of carbonyl (C=O) groups is 1. The maximum absolute atomic E-state index is 13.3. The molecular weight excluding hydrogens is 319 g/mol. The molecule has 0 aliphatic heterocycles. The molecule has 1 aromatic carbocycles. The highest BCUT2D eigenvalue weighted by Crippen LogP contribution is 2.22. The van der Waals surface area contributed by atoms with Crippen molar-refractivity contribution in [1.29, 1.82) is 0 Å². The van der Waals surface area contributed by atoms with Crippen LogP contribution in [0.2, 0.25) is 5.02 Å². The number of pyridine rings is 1. The molecule has 6 heteroatoms. The molecule has 3 aromatic rings. The van der Waals surface area contributed by atoms with Gasteiger partial charge >= 0.3 is 5.97 Å². The highest BCUT2D eigenvalue weighted by Gasteiger charge is 2.17. The fourth-order valence-corrected chi connectivity index (χ4v) is 2.65. The predicted octanol–water partition coefficient (Wildman–Crippen LogP) is 4.05. The van der Waals surface area contributed by atoms with Gasteiger partial charge in [0.2, 0.25) is 0 Å². The van der Waals surface area contributed by atoms with Gasteiger partial charge in [-0.15, -0.1) is 0 Å². The van der Waals surface area contributed by atoms with Gasteiger partial charge in [-0.1, -0.05) is 17.7 Å². The first kappa shape index (κ1) is 15.5. The Labute approximate surface area is 137 Å². The number of nitrogens with zero attached hydrogens (tertiary/aromatic N) is 2. The molecule has 0 bridgehead atoms. The predicted molar refractivity (Wildman–Crippen MR) is 86.2 cm³/mol. The second kappa shape index (κ2) is 6.38. The van der Waals surface area contributed by atoms with E-state index in [1.807, 2.05) is 6.07 Å². The van der Waals surface area contributed by atoms with E-state index in [0.717, 1.165) is 11.1 Å². The molecule has 2 heterocycles. The Bertz CT molecular complexity index is 876. The van der Waals surface area contributed by atoms with Gasteiger partial charge in [0.05, 0.1) is 22.7 Å². The van der Waals surface area contributed by atoms with E-state index in [2.05, 4.69) is 4.98 Å². The second-order valence-corrected chi connectivity index (χ2v) is 5.40. The average Bonchev–Trinajstić information content (AvgIpc) is 2.90. The quantitative estimate of drug-likeness (QED) is 0.677. The van der Waals surface area contributed by atoms with Crippen molar-refractivity contribution in [1.82, 2.24) is 9.55 Å². The Morgan fingerprint density at radius 3 is 2.91 bits per heavy atom. The molecule has 118 valence electrons. The van der Waals surface area contributed by atoms with E-state index >= 15 is 0 Å². The normalized spacial score (nSPS) is 10.9. The van der Waals surface area contributed by atoms with E-state index in [-0.39, 0.29) is 11.6 Å². The zero-order valence-corrected chi connectivity index (χ0v) is 13.2. The fourth-order valence-electron chi connectivity index (χ4n) is 2.45. The lowest BCUT2D eigenvalue weighted by Gasteiger charge is -2.10. The van der Waals surface area contributed by atoms with Crippen LogP contribution in [0.4, 0.5) is 4.39 Å². The Morgan fingerprint density at radius 2 is 2.17 bits per heavy atom. The number of hydrogen-bond donors (Lipinski definition) is 0. The van der Waals surface area contributed by atoms with Crippen LogP contribution in [0.25, 0.3) is 11.0 Å². The molecule has 0 spiro atoms. The SMILES string of the molecule is CCOC(=O)c1cc2ncccc2n1Cc1ccc(F)c(Cl)c1. The third-order valence-corrected chi connectivity index (χ3v) is 3.77. The van der Waals surface area contributed by atoms with E-state index in [9.17, 15) is 9.18 Å². The number of ether oxygens (including phenoxy) is 1. The standard InChI is InChI=1S/C17H14ClFN2O2/c1-2-23-17(22)16-9-14-15(4-3-7-20-14)21(16)10-11-5-6-13(19)12(18)8-11/h3-9H,2,10H2,1H3. The van der Waals surface area contributed by atoms with Crippen molar-refractivity contribution < 1.29 is 13.9 Å². The van der Waals surface area contributed by atoms with E-state index < -0.39 is 11.8 Å². The molecule has 0 aliphatic rings. The second-order valence-electron chi connectivity index (χ2n) is 4.99. The molecule has 0 saturated carbocycles. The van der Waals surface area contributed by atoms with Gasteiger partial charge in [-0.25, -0.2) is 9.18 Å². The zero-order valence-electron chi connectivity index (χ0n) is 12.4. The smallest absolute Gasteiger partial charge is 0.355 e. The molecule has 0 amide bonds. The van der Waals surface area contributed by atoms with Crippen LogP contribution in [-0.2, 0) is 11.3 Å². The van der Waals surface area contributed by atoms with Crippen LogP contribution in [0, 0.1) is 5.82 Å². The Morgan fingerprint density at radius 1 is 1.35 bits per heavy atom. The molecule has 2 aromatic heterocycles. The number of halogens is 2. The van der Waals surface area contributed by atoms with Crippen LogP contribution in [0.3, 0.4) is 0 Å². The number of carbonyl (C=O) groups excluding carboxylic acids is 1. The molecule has 3 rings (SSSR count). The first-order valence-electron chi connectivity index (χ1n) is 7.15. The first-order valence-corrected chi connectivity index (χ1v) is 7.53. The summed E-state index contributed by atoms with van der Waals surface area (Å²) in [5.74, 6) is -0.890. The summed E-state index contributed by atoms with van der Waals surface area (Å²) >= 11 is 5.84. The first-order chi connectivity index (χ1) is 11.1. The number of benzene rings is 1. The van der Waals surface area contributed by atoms with E-state index in [4.69, 9.17) is 16.3 Å². The topological polar surface area (TPSA) is 44.1 Å². The van der Waals surface area contributed by atoms with Crippen molar-refractivity contribution in [2.45, 2.75) is 13.5 Å². The summed E-state index contributed by atoms with van der Waals surface area (Å²) in [6, 6.07) is 9.86. The largest absolute Gasteiger partial charge is 0.461 e. The van der Waals surface area contributed by atoms with E-state index in [1.54, 1.807) is 42.0 Å². The summed E-state index contributed by atoms with van der Waals surface area (Å²) in [5, 5.41) is 0.0507. The lowest BCUT2D eigenvalue weighted by Crippen LogP contribution is -2.13. The molecule has 0 saturated heterocycles. The summed E-state index contributed by atoms with van der Waals surface area (Å²) in [6.07, 6.45) is 1.66. The van der Waals surface area contributed by atoms with Crippen molar-refractivity contribution in [2.75, 3.05) is 6.61 Å². The third kappa shape index (κ3) is 3.05. The molecule has 4 nitrogen and oxygen atoms in total. The van der Waals surface area contributed by atoms with Gasteiger partial charge in [0, 0.05) is 12.7 Å². The van der Waals surface area contributed by atoms with Gasteiger partial charge in [0.15, 0.2) is 0 Å². The van der Waals surface area contributed by atoms with E-state index in [0.29, 0.717) is 17.8 Å². The van der Waals surface area contributed by atoms with Crippen molar-refractivity contribution in [3.05, 3.63) is 64.7 Å². The zero-order chi connectivity index (χ0) is 16.4. The molecule has 0 aliphatic carbocycles. The minimum atomic E-state index is -0.472. The minimum absolute atomic E-state index is 0.0507. The molecule has 0 N–H and O–H groups in total. The van der Waals surface area contributed by atoms with Crippen LogP contribution >= 0.6 is 11.6 Å². The molecule has 0 radical (unpaired) electrons. The van der Waals surface area contributed by atoms with Crippen molar-refractivity contribution >= 4 is 28.6 Å². The molecular formula is C17H14ClFN2O2. The third-order valence-electron chi connectivity index (χ3n) is 3.48. The summed E-state index contributed by atoms with van der Waals surface area (Å²) < 4.78 is 20.2. The van der Waals surface area contributed by atoms with Crippen molar-refractivity contribution in [3.63, 3.8) is 0 Å². The van der Waals surface area contributed by atoms with Crippen LogP contribution < -0.4 is 0 Å². The average molecular weight is 333 g/mol. The Hall–Kier alpha value is -2.40. The van der Waals surface area contributed by atoms with Crippen LogP contribution in [0.5, 0.6) is 0 Å². The fraction of sp³-hybridized carbons (Fsp3) is 0.176. The van der Waals surface area contributed by atoms with Gasteiger partial charge in [-0.05, 0) is 42.8 Å². The van der Waals surface area contributed by atoms with Crippen molar-refractivity contribution in [2.24, 2.45) is 0 Å². The number of hydrogen-bond acceptors (Lipinski definition) is 3. The van der Waals surface area contributed by atoms with Crippen molar-refractivity contribution in [3.8, 4) is 0 Å². The summed E-state index contributed by atoms with van der Waals surface area (Å²) in [5.41, 5.74) is 2.68. The summed E-state index contributed by atoms with van der Waals surface area (Å²) in [6.45, 7) is 2.41. The number of rotatable bonds is 4. The maximum Gasteiger partial charge on any atom is 0.355 e. The highest BCUT2D eigenvalue weighted by atomic mass is 35.5. The molecule has 0 fully saturated rings. The van der Waals surface area contributed by atoms with Gasteiger partial charge in [0.1, 0.15) is 11.5 Å². The highest BCUT2D eigenvalue weighted by molar-refractivity contribution is 6.30. The molecule has 23 heavy (non-hydrogen) atoms. The minimum Gasteiger partial charge on any atom is -0.461 e. The van der Waals surface area contributed by atoms with Gasteiger partial charge in [-0.3, -0.25) is 4.98 Å².